The van der Waals surface area contributed by atoms with E-state index >= 15 is 0 Å². The normalized spacial score (nSPS) is 17.3. The van der Waals surface area contributed by atoms with E-state index in [-0.39, 0.29) is 0 Å². The quantitative estimate of drug-likeness (QED) is 0.243. The molecule has 1 saturated carbocycles. The summed E-state index contributed by atoms with van der Waals surface area (Å²) in [5.74, 6) is 1.02. The van der Waals surface area contributed by atoms with Gasteiger partial charge in [-0.1, -0.05) is 12.5 Å². The third-order valence-electron chi connectivity index (χ3n) is 7.84. The van der Waals surface area contributed by atoms with Crippen LogP contribution in [0.4, 0.5) is 11.4 Å². The SMILES string of the molecule is OC(Nc1cncc(-c2ccc3[nH]nc(-c4nc5nccc(N6CCCCC6)c5[nH]4)c3c2)c1)C1CCC1. The fourth-order valence-corrected chi connectivity index (χ4v) is 5.50. The Morgan fingerprint density at radius 2 is 1.89 bits per heavy atom. The van der Waals surface area contributed by atoms with Crippen molar-refractivity contribution in [1.29, 1.82) is 0 Å². The van der Waals surface area contributed by atoms with E-state index in [1.54, 1.807) is 6.20 Å². The number of fused-ring (bicyclic) bond motifs is 2. The van der Waals surface area contributed by atoms with Gasteiger partial charge in [0.1, 0.15) is 17.4 Å². The summed E-state index contributed by atoms with van der Waals surface area (Å²) in [6, 6.07) is 10.3. The van der Waals surface area contributed by atoms with Crippen LogP contribution in [0.15, 0.2) is 48.9 Å². The Bertz CT molecular complexity index is 1560. The third kappa shape index (κ3) is 4.09. The van der Waals surface area contributed by atoms with Gasteiger partial charge in [-0.15, -0.1) is 0 Å². The third-order valence-corrected chi connectivity index (χ3v) is 7.84. The van der Waals surface area contributed by atoms with Crippen LogP contribution in [0.1, 0.15) is 38.5 Å². The first-order valence-corrected chi connectivity index (χ1v) is 13.2. The predicted octanol–water partition coefficient (Wildman–Crippen LogP) is 5.08. The van der Waals surface area contributed by atoms with Crippen molar-refractivity contribution in [3.8, 4) is 22.6 Å². The number of anilines is 2. The van der Waals surface area contributed by atoms with Crippen LogP contribution in [0, 0.1) is 5.92 Å². The van der Waals surface area contributed by atoms with Crippen LogP contribution in [0.25, 0.3) is 44.7 Å². The minimum Gasteiger partial charge on any atom is -0.374 e. The molecule has 9 heteroatoms. The van der Waals surface area contributed by atoms with Crippen LogP contribution in [0.3, 0.4) is 0 Å². The van der Waals surface area contributed by atoms with E-state index in [0.29, 0.717) is 17.4 Å². The van der Waals surface area contributed by atoms with Crippen molar-refractivity contribution >= 4 is 33.4 Å². The Kier molecular flexibility index (Phi) is 5.50. The molecule has 4 N–H and O–H groups in total. The largest absolute Gasteiger partial charge is 0.374 e. The van der Waals surface area contributed by atoms with Gasteiger partial charge in [0.25, 0.3) is 0 Å². The molecule has 5 aromatic rings. The van der Waals surface area contributed by atoms with E-state index in [4.69, 9.17) is 4.98 Å². The fourth-order valence-electron chi connectivity index (χ4n) is 5.50. The van der Waals surface area contributed by atoms with Gasteiger partial charge in [-0.3, -0.25) is 10.1 Å². The molecule has 5 heterocycles. The van der Waals surface area contributed by atoms with E-state index in [0.717, 1.165) is 70.5 Å². The Morgan fingerprint density at radius 3 is 2.73 bits per heavy atom. The highest BCUT2D eigenvalue weighted by Gasteiger charge is 2.25. The minimum absolute atomic E-state index is 0.322. The van der Waals surface area contributed by atoms with Crippen LogP contribution in [-0.4, -0.2) is 54.6 Å². The highest BCUT2D eigenvalue weighted by molar-refractivity contribution is 5.96. The lowest BCUT2D eigenvalue weighted by atomic mass is 9.84. The molecule has 37 heavy (non-hydrogen) atoms. The van der Waals surface area contributed by atoms with Gasteiger partial charge in [-0.05, 0) is 61.9 Å². The maximum atomic E-state index is 10.5. The second-order valence-electron chi connectivity index (χ2n) is 10.2. The van der Waals surface area contributed by atoms with Crippen LogP contribution < -0.4 is 10.2 Å². The van der Waals surface area contributed by atoms with E-state index < -0.39 is 6.23 Å². The number of nitrogens with one attached hydrogen (secondary N) is 3. The number of aliphatic hydroxyl groups is 1. The maximum absolute atomic E-state index is 10.5. The lowest BCUT2D eigenvalue weighted by Crippen LogP contribution is -2.33. The van der Waals surface area contributed by atoms with Gasteiger partial charge in [-0.2, -0.15) is 5.10 Å². The summed E-state index contributed by atoms with van der Waals surface area (Å²) in [5, 5.41) is 22.4. The highest BCUT2D eigenvalue weighted by Crippen LogP contribution is 2.34. The molecule has 2 aliphatic rings. The van der Waals surface area contributed by atoms with Crippen LogP contribution in [-0.2, 0) is 0 Å². The number of aromatic amines is 2. The Morgan fingerprint density at radius 1 is 1.00 bits per heavy atom. The molecule has 0 amide bonds. The summed E-state index contributed by atoms with van der Waals surface area (Å²) in [6.45, 7) is 2.11. The maximum Gasteiger partial charge on any atom is 0.180 e. The van der Waals surface area contributed by atoms with E-state index in [1.807, 2.05) is 24.5 Å². The summed E-state index contributed by atoms with van der Waals surface area (Å²) in [7, 11) is 0. The van der Waals surface area contributed by atoms with Crippen molar-refractivity contribution in [2.75, 3.05) is 23.3 Å². The molecule has 1 atom stereocenters. The molecular formula is C28H30N8O. The zero-order valence-electron chi connectivity index (χ0n) is 20.6. The first-order chi connectivity index (χ1) is 18.2. The molecule has 1 aliphatic carbocycles. The Labute approximate surface area is 214 Å². The topological polar surface area (TPSA) is 119 Å². The van der Waals surface area contributed by atoms with Crippen LogP contribution in [0.5, 0.6) is 0 Å². The summed E-state index contributed by atoms with van der Waals surface area (Å²) < 4.78 is 0. The zero-order valence-corrected chi connectivity index (χ0v) is 20.6. The first kappa shape index (κ1) is 22.2. The molecule has 1 saturated heterocycles. The summed E-state index contributed by atoms with van der Waals surface area (Å²) in [6.07, 6.45) is 11.9. The molecule has 2 fully saturated rings. The highest BCUT2D eigenvalue weighted by atomic mass is 16.3. The molecule has 1 aromatic carbocycles. The number of rotatable bonds is 6. The van der Waals surface area contributed by atoms with E-state index in [2.05, 4.69) is 53.6 Å². The number of hydrogen-bond donors (Lipinski definition) is 4. The van der Waals surface area contributed by atoms with Crippen molar-refractivity contribution in [3.63, 3.8) is 0 Å². The molecule has 0 spiro atoms. The molecule has 0 bridgehead atoms. The number of piperidine rings is 1. The molecule has 9 nitrogen and oxygen atoms in total. The van der Waals surface area contributed by atoms with Gasteiger partial charge in [0.05, 0.1) is 23.1 Å². The molecule has 1 aliphatic heterocycles. The second-order valence-corrected chi connectivity index (χ2v) is 10.2. The van der Waals surface area contributed by atoms with Crippen molar-refractivity contribution in [2.24, 2.45) is 5.92 Å². The number of benzene rings is 1. The second kappa shape index (κ2) is 9.15. The summed E-state index contributed by atoms with van der Waals surface area (Å²) in [4.78, 5) is 19.7. The Balaban J connectivity index is 1.23. The van der Waals surface area contributed by atoms with Crippen LogP contribution in [0.2, 0.25) is 0 Å². The van der Waals surface area contributed by atoms with Crippen molar-refractivity contribution in [2.45, 2.75) is 44.8 Å². The number of H-pyrrole nitrogens is 2. The number of aliphatic hydroxyl groups excluding tert-OH is 1. The molecule has 1 unspecified atom stereocenters. The summed E-state index contributed by atoms with van der Waals surface area (Å²) in [5.41, 5.74) is 7.33. The lowest BCUT2D eigenvalue weighted by molar-refractivity contribution is 0.0851. The van der Waals surface area contributed by atoms with Gasteiger partial charge in [-0.25, -0.2) is 9.97 Å². The molecule has 188 valence electrons. The average molecular weight is 495 g/mol. The van der Waals surface area contributed by atoms with Gasteiger partial charge in [0.15, 0.2) is 11.5 Å². The number of hydrogen-bond acceptors (Lipinski definition) is 7. The first-order valence-electron chi connectivity index (χ1n) is 13.2. The van der Waals surface area contributed by atoms with Crippen molar-refractivity contribution < 1.29 is 5.11 Å². The fraction of sp³-hybridized carbons (Fsp3) is 0.357. The number of pyridine rings is 2. The minimum atomic E-state index is -0.537. The smallest absolute Gasteiger partial charge is 0.180 e. The molecular weight excluding hydrogens is 464 g/mol. The Hall–Kier alpha value is -3.98. The number of imidazole rings is 1. The van der Waals surface area contributed by atoms with Gasteiger partial charge in [0.2, 0.25) is 0 Å². The molecule has 7 rings (SSSR count). The standard InChI is InChI=1S/C28H30N8O/c37-28(17-5-4-6-17)31-20-13-19(15-29-16-20)18-7-8-22-21(14-18)24(35-34-22)27-32-25-23(9-10-30-26(25)33-27)36-11-2-1-3-12-36/h7-10,13-17,28,31,37H,1-6,11-12H2,(H,34,35)(H,30,32,33). The predicted molar refractivity (Wildman–Crippen MR) is 145 cm³/mol. The lowest BCUT2D eigenvalue weighted by Gasteiger charge is -2.31. The van der Waals surface area contributed by atoms with Gasteiger partial charge in [0, 0.05) is 42.4 Å². The van der Waals surface area contributed by atoms with Crippen molar-refractivity contribution in [3.05, 3.63) is 48.9 Å². The van der Waals surface area contributed by atoms with E-state index in [1.165, 1.54) is 25.7 Å². The molecule has 0 radical (unpaired) electrons. The van der Waals surface area contributed by atoms with E-state index in [9.17, 15) is 5.11 Å². The van der Waals surface area contributed by atoms with Crippen LogP contribution >= 0.6 is 0 Å². The number of aromatic nitrogens is 6. The molecule has 4 aromatic heterocycles. The number of nitrogens with zero attached hydrogens (tertiary/aromatic N) is 5. The average Bonchev–Trinajstić information content (AvgIpc) is 3.52. The van der Waals surface area contributed by atoms with Gasteiger partial charge >= 0.3 is 0 Å². The monoisotopic (exact) mass is 494 g/mol. The van der Waals surface area contributed by atoms with Crippen molar-refractivity contribution in [1.82, 2.24) is 30.1 Å². The summed E-state index contributed by atoms with van der Waals surface area (Å²) >= 11 is 0. The zero-order chi connectivity index (χ0) is 24.8. The van der Waals surface area contributed by atoms with Gasteiger partial charge < -0.3 is 20.3 Å².